The van der Waals surface area contributed by atoms with Crippen LogP contribution in [-0.2, 0) is 4.79 Å². The monoisotopic (exact) mass is 920 g/mol. The number of carbonyl (C=O) groups is 1. The molecule has 1 amide bonds. The molecule has 4 atom stereocenters. The van der Waals surface area contributed by atoms with Crippen molar-refractivity contribution in [3.63, 3.8) is 0 Å². The van der Waals surface area contributed by atoms with Crippen molar-refractivity contribution in [2.45, 2.75) is 353 Å². The number of carbonyl (C=O) groups excluding carboxylic acids is 1. The van der Waals surface area contributed by atoms with Crippen LogP contribution in [0.3, 0.4) is 0 Å². The minimum absolute atomic E-state index is 0.365. The maximum absolute atomic E-state index is 12.6. The zero-order chi connectivity index (χ0) is 47.4. The first-order valence-electron chi connectivity index (χ1n) is 29.6. The summed E-state index contributed by atoms with van der Waals surface area (Å²) in [5.41, 5.74) is 0. The Kier molecular flexibility index (Phi) is 53.2. The molecule has 0 saturated heterocycles. The fourth-order valence-electron chi connectivity index (χ4n) is 9.58. The lowest BCUT2D eigenvalue weighted by molar-refractivity contribution is -0.132. The number of aliphatic hydroxyl groups excluding tert-OH is 4. The molecule has 0 aliphatic carbocycles. The molecule has 0 aliphatic heterocycles. The van der Waals surface area contributed by atoms with Crippen molar-refractivity contribution in [2.24, 2.45) is 0 Å². The van der Waals surface area contributed by atoms with Crippen molar-refractivity contribution in [2.75, 3.05) is 6.61 Å². The Labute approximate surface area is 406 Å². The van der Waals surface area contributed by atoms with Gasteiger partial charge in [-0.05, 0) is 38.5 Å². The molecule has 0 saturated carbocycles. The summed E-state index contributed by atoms with van der Waals surface area (Å²) in [5.74, 6) is -0.583. The first-order chi connectivity index (χ1) is 32.0. The molecule has 0 aromatic rings. The van der Waals surface area contributed by atoms with Gasteiger partial charge in [-0.25, -0.2) is 0 Å². The van der Waals surface area contributed by atoms with Crippen molar-refractivity contribution < 1.29 is 25.2 Å². The van der Waals surface area contributed by atoms with Crippen LogP contribution in [0.25, 0.3) is 0 Å². The third-order valence-corrected chi connectivity index (χ3v) is 14.2. The van der Waals surface area contributed by atoms with Crippen molar-refractivity contribution in [3.8, 4) is 0 Å². The minimum Gasteiger partial charge on any atom is -0.394 e. The van der Waals surface area contributed by atoms with Crippen LogP contribution < -0.4 is 5.32 Å². The van der Waals surface area contributed by atoms with E-state index in [-0.39, 0.29) is 0 Å². The fraction of sp³-hybridized carbons (Fsp3) is 0.949. The minimum atomic E-state index is -1.26. The van der Waals surface area contributed by atoms with Gasteiger partial charge in [0.05, 0.1) is 18.8 Å². The second-order valence-corrected chi connectivity index (χ2v) is 20.7. The average Bonchev–Trinajstić information content (AvgIpc) is 3.31. The van der Waals surface area contributed by atoms with Gasteiger partial charge in [0, 0.05) is 0 Å². The van der Waals surface area contributed by atoms with Crippen molar-refractivity contribution >= 4 is 5.91 Å². The molecule has 0 aromatic carbocycles. The summed E-state index contributed by atoms with van der Waals surface area (Å²) in [5, 5.41) is 44.0. The lowest BCUT2D eigenvalue weighted by atomic mass is 9.99. The molecule has 5 N–H and O–H groups in total. The topological polar surface area (TPSA) is 110 Å². The van der Waals surface area contributed by atoms with Gasteiger partial charge in [-0.15, -0.1) is 0 Å². The largest absolute Gasteiger partial charge is 0.394 e. The van der Waals surface area contributed by atoms with Crippen LogP contribution in [0.15, 0.2) is 12.2 Å². The summed E-state index contributed by atoms with van der Waals surface area (Å²) in [6.07, 6.45) is 64.4. The van der Waals surface area contributed by atoms with Gasteiger partial charge in [0.15, 0.2) is 0 Å². The molecule has 388 valence electrons. The Morgan fingerprint density at radius 3 is 0.892 bits per heavy atom. The van der Waals surface area contributed by atoms with Gasteiger partial charge >= 0.3 is 0 Å². The smallest absolute Gasteiger partial charge is 0.249 e. The van der Waals surface area contributed by atoms with E-state index < -0.39 is 36.9 Å². The van der Waals surface area contributed by atoms with Crippen molar-refractivity contribution in [3.05, 3.63) is 12.2 Å². The number of aliphatic hydroxyl groups is 4. The zero-order valence-corrected chi connectivity index (χ0v) is 44.0. The van der Waals surface area contributed by atoms with E-state index in [1.54, 1.807) is 0 Å². The molecule has 6 nitrogen and oxygen atoms in total. The molecule has 0 radical (unpaired) electrons. The van der Waals surface area contributed by atoms with Crippen molar-refractivity contribution in [1.82, 2.24) is 5.32 Å². The molecular weight excluding hydrogens is 803 g/mol. The van der Waals surface area contributed by atoms with Crippen LogP contribution >= 0.6 is 0 Å². The molecule has 0 heterocycles. The average molecular weight is 921 g/mol. The number of hydrogen-bond donors (Lipinski definition) is 5. The second-order valence-electron chi connectivity index (χ2n) is 20.7. The second kappa shape index (κ2) is 54.0. The van der Waals surface area contributed by atoms with Crippen LogP contribution in [0.4, 0.5) is 0 Å². The quantitative estimate of drug-likeness (QED) is 0.0308. The maximum Gasteiger partial charge on any atom is 0.249 e. The summed E-state index contributed by atoms with van der Waals surface area (Å²) < 4.78 is 0. The number of rotatable bonds is 55. The van der Waals surface area contributed by atoms with Crippen molar-refractivity contribution in [1.29, 1.82) is 0 Å². The predicted octanol–water partition coefficient (Wildman–Crippen LogP) is 17.3. The highest BCUT2D eigenvalue weighted by Crippen LogP contribution is 2.19. The van der Waals surface area contributed by atoms with Gasteiger partial charge in [0.2, 0.25) is 5.91 Å². The maximum atomic E-state index is 12.6. The summed E-state index contributed by atoms with van der Waals surface area (Å²) in [6, 6.07) is -0.986. The Morgan fingerprint density at radius 2 is 0.615 bits per heavy atom. The molecule has 0 rings (SSSR count). The Hall–Kier alpha value is -0.950. The Balaban J connectivity index is 3.55. The van der Waals surface area contributed by atoms with Crippen LogP contribution in [0.2, 0.25) is 0 Å². The Morgan fingerprint density at radius 1 is 0.369 bits per heavy atom. The number of nitrogens with one attached hydrogen (secondary N) is 1. The van der Waals surface area contributed by atoms with Gasteiger partial charge in [-0.1, -0.05) is 302 Å². The van der Waals surface area contributed by atoms with Gasteiger partial charge in [0.25, 0.3) is 0 Å². The highest BCUT2D eigenvalue weighted by molar-refractivity contribution is 5.80. The molecule has 6 heteroatoms. The van der Waals surface area contributed by atoms with E-state index in [2.05, 4.69) is 31.3 Å². The predicted molar refractivity (Wildman–Crippen MR) is 284 cm³/mol. The van der Waals surface area contributed by atoms with Crippen LogP contribution in [0.5, 0.6) is 0 Å². The summed E-state index contributed by atoms with van der Waals surface area (Å²) in [7, 11) is 0. The normalized spacial score (nSPS) is 13.8. The molecule has 0 aliphatic rings. The Bertz CT molecular complexity index is 944. The third kappa shape index (κ3) is 47.9. The molecule has 65 heavy (non-hydrogen) atoms. The fourth-order valence-corrected chi connectivity index (χ4v) is 9.58. The summed E-state index contributed by atoms with van der Waals surface area (Å²) >= 11 is 0. The molecular formula is C59H117NO5. The van der Waals surface area contributed by atoms with E-state index in [4.69, 9.17) is 0 Å². The van der Waals surface area contributed by atoms with E-state index >= 15 is 0 Å². The molecule has 0 spiro atoms. The highest BCUT2D eigenvalue weighted by atomic mass is 16.3. The van der Waals surface area contributed by atoms with Crippen LogP contribution in [0, 0.1) is 0 Å². The standard InChI is InChI=1S/C59H117NO5/c1-3-5-7-9-11-13-15-17-19-21-23-24-25-26-27-28-29-30-31-32-33-34-35-37-38-40-42-44-46-48-50-52-56(62)58(64)55(54-61)60-59(65)57(63)53-51-49-47-45-43-41-39-36-22-20-18-16-14-12-10-8-6-4-2/h22,36,55-58,61-64H,3-21,23-35,37-54H2,1-2H3,(H,60,65)/b36-22-. The van der Waals surface area contributed by atoms with Gasteiger partial charge < -0.3 is 25.7 Å². The summed E-state index contributed by atoms with van der Waals surface area (Å²) in [6.45, 7) is 4.09. The van der Waals surface area contributed by atoms with Gasteiger partial charge in [-0.2, -0.15) is 0 Å². The van der Waals surface area contributed by atoms with E-state index in [0.717, 1.165) is 44.9 Å². The number of amides is 1. The zero-order valence-electron chi connectivity index (χ0n) is 44.0. The number of allylic oxidation sites excluding steroid dienone is 2. The third-order valence-electron chi connectivity index (χ3n) is 14.2. The first-order valence-corrected chi connectivity index (χ1v) is 29.6. The van der Waals surface area contributed by atoms with E-state index in [1.165, 1.54) is 257 Å². The highest BCUT2D eigenvalue weighted by Gasteiger charge is 2.28. The molecule has 0 fully saturated rings. The van der Waals surface area contributed by atoms with E-state index in [1.807, 2.05) is 0 Å². The molecule has 4 unspecified atom stereocenters. The van der Waals surface area contributed by atoms with Gasteiger partial charge in [-0.3, -0.25) is 4.79 Å². The lowest BCUT2D eigenvalue weighted by Crippen LogP contribution is -2.53. The first kappa shape index (κ1) is 64.0. The van der Waals surface area contributed by atoms with Gasteiger partial charge in [0.1, 0.15) is 12.2 Å². The molecule has 0 aromatic heterocycles. The SMILES string of the molecule is CCCCCCCCCC/C=C\CCCCCCCCC(O)C(=O)NC(CO)C(O)C(O)CCCCCCCCCCCCCCCCCCCCCCCCCCCCCCCCC. The molecule has 0 bridgehead atoms. The van der Waals surface area contributed by atoms with E-state index in [0.29, 0.717) is 12.8 Å². The lowest BCUT2D eigenvalue weighted by Gasteiger charge is -2.27. The summed E-state index contributed by atoms with van der Waals surface area (Å²) in [4.78, 5) is 12.6. The van der Waals surface area contributed by atoms with Crippen LogP contribution in [0.1, 0.15) is 328 Å². The number of unbranched alkanes of at least 4 members (excludes halogenated alkanes) is 44. The number of hydrogen-bond acceptors (Lipinski definition) is 5. The van der Waals surface area contributed by atoms with Crippen LogP contribution in [-0.4, -0.2) is 57.3 Å². The van der Waals surface area contributed by atoms with E-state index in [9.17, 15) is 25.2 Å².